The summed E-state index contributed by atoms with van der Waals surface area (Å²) in [6.45, 7) is 3.97. The molecule has 3 heteroatoms. The van der Waals surface area contributed by atoms with Crippen molar-refractivity contribution in [3.63, 3.8) is 0 Å². The van der Waals surface area contributed by atoms with Crippen LogP contribution < -0.4 is 11.1 Å². The Kier molecular flexibility index (Phi) is 6.92. The lowest BCUT2D eigenvalue weighted by atomic mass is 10.4. The molecule has 0 fully saturated rings. The second-order valence-corrected chi connectivity index (χ2v) is 3.26. The highest BCUT2D eigenvalue weighted by Crippen LogP contribution is 1.79. The van der Waals surface area contributed by atoms with Crippen LogP contribution in [0.15, 0.2) is 36.4 Å². The van der Waals surface area contributed by atoms with E-state index in [0.717, 1.165) is 0 Å². The quantitative estimate of drug-likeness (QED) is 0.674. The molecule has 0 aromatic heterocycles. The van der Waals surface area contributed by atoms with Crippen LogP contribution in [0.4, 0.5) is 0 Å². The van der Waals surface area contributed by atoms with Gasteiger partial charge in [-0.05, 0) is 26.1 Å². The van der Waals surface area contributed by atoms with Crippen molar-refractivity contribution in [2.24, 2.45) is 5.73 Å². The Bertz CT molecular complexity index is 195. The van der Waals surface area contributed by atoms with E-state index in [2.05, 4.69) is 17.5 Å². The molecule has 0 aliphatic heterocycles. The summed E-state index contributed by atoms with van der Waals surface area (Å²) in [5.41, 5.74) is 5.11. The Morgan fingerprint density at radius 3 is 1.46 bits per heavy atom. The van der Waals surface area contributed by atoms with Gasteiger partial charge in [0.2, 0.25) is 0 Å². The van der Waals surface area contributed by atoms with Crippen molar-refractivity contribution in [2.75, 3.05) is 0 Å². The van der Waals surface area contributed by atoms with Crippen molar-refractivity contribution < 1.29 is 0 Å². The number of rotatable bonds is 1. The molecule has 0 aliphatic rings. The third-order valence-electron chi connectivity index (χ3n) is 1.10. The fraction of sp³-hybridized carbons (Fsp3) is 0.300. The number of hydrogen-bond donors (Lipinski definition) is 2. The third kappa shape index (κ3) is 10.9. The first kappa shape index (κ1) is 11.9. The van der Waals surface area contributed by atoms with Crippen LogP contribution in [-0.4, -0.2) is 11.2 Å². The summed E-state index contributed by atoms with van der Waals surface area (Å²) in [4.78, 5) is 0. The number of nitrogens with one attached hydrogen (secondary N) is 1. The monoisotopic (exact) mass is 196 g/mol. The zero-order valence-corrected chi connectivity index (χ0v) is 8.84. The molecule has 0 spiro atoms. The molecular formula is C10H16N2S. The van der Waals surface area contributed by atoms with Gasteiger partial charge in [-0.3, -0.25) is 0 Å². The minimum Gasteiger partial charge on any atom is -0.376 e. The van der Waals surface area contributed by atoms with Crippen LogP contribution in [0, 0.1) is 0 Å². The lowest BCUT2D eigenvalue weighted by Crippen LogP contribution is -2.34. The third-order valence-corrected chi connectivity index (χ3v) is 1.22. The van der Waals surface area contributed by atoms with Crippen LogP contribution in [0.25, 0.3) is 0 Å². The van der Waals surface area contributed by atoms with Crippen molar-refractivity contribution in [3.05, 3.63) is 36.4 Å². The second kappa shape index (κ2) is 7.55. The molecule has 0 radical (unpaired) electrons. The van der Waals surface area contributed by atoms with Gasteiger partial charge in [0, 0.05) is 6.04 Å². The average Bonchev–Trinajstić information content (AvgIpc) is 2.06. The van der Waals surface area contributed by atoms with E-state index in [9.17, 15) is 0 Å². The molecule has 1 aromatic rings. The molecule has 13 heavy (non-hydrogen) atoms. The van der Waals surface area contributed by atoms with Gasteiger partial charge in [0.1, 0.15) is 0 Å². The van der Waals surface area contributed by atoms with Gasteiger partial charge in [0.15, 0.2) is 5.11 Å². The van der Waals surface area contributed by atoms with Crippen LogP contribution in [-0.2, 0) is 0 Å². The minimum atomic E-state index is 0.359. The molecule has 0 amide bonds. The molecule has 0 atom stereocenters. The normalized spacial score (nSPS) is 8.54. The Hall–Kier alpha value is -1.09. The molecule has 2 nitrogen and oxygen atoms in total. The van der Waals surface area contributed by atoms with E-state index in [1.165, 1.54) is 0 Å². The number of benzene rings is 1. The number of nitrogens with two attached hydrogens (primary N) is 1. The van der Waals surface area contributed by atoms with E-state index in [1.807, 2.05) is 50.2 Å². The molecule has 3 N–H and O–H groups in total. The van der Waals surface area contributed by atoms with Crippen molar-refractivity contribution in [3.8, 4) is 0 Å². The Morgan fingerprint density at radius 1 is 1.08 bits per heavy atom. The predicted octanol–water partition coefficient (Wildman–Crippen LogP) is 1.91. The van der Waals surface area contributed by atoms with Crippen molar-refractivity contribution in [1.29, 1.82) is 0 Å². The predicted molar refractivity (Wildman–Crippen MR) is 61.5 cm³/mol. The lowest BCUT2D eigenvalue weighted by molar-refractivity contribution is 0.736. The van der Waals surface area contributed by atoms with Gasteiger partial charge in [-0.2, -0.15) is 0 Å². The standard InChI is InChI=1S/C6H6.C4H10N2S/c1-2-4-6-5-3-1;1-3(2)6-4(5)7/h1-6H;3H,1-2H3,(H3,5,6,7). The summed E-state index contributed by atoms with van der Waals surface area (Å²) in [5.74, 6) is 0. The summed E-state index contributed by atoms with van der Waals surface area (Å²) < 4.78 is 0. The molecule has 0 bridgehead atoms. The first-order chi connectivity index (χ1) is 6.13. The molecule has 0 saturated carbocycles. The van der Waals surface area contributed by atoms with E-state index in [-0.39, 0.29) is 0 Å². The zero-order valence-electron chi connectivity index (χ0n) is 8.03. The minimum absolute atomic E-state index is 0.359. The van der Waals surface area contributed by atoms with Crippen molar-refractivity contribution in [1.82, 2.24) is 5.32 Å². The average molecular weight is 196 g/mol. The molecule has 0 aliphatic carbocycles. The van der Waals surface area contributed by atoms with Gasteiger partial charge in [-0.1, -0.05) is 36.4 Å². The maximum absolute atomic E-state index is 5.11. The van der Waals surface area contributed by atoms with Crippen LogP contribution >= 0.6 is 12.2 Å². The number of hydrogen-bond acceptors (Lipinski definition) is 1. The van der Waals surface area contributed by atoms with Gasteiger partial charge in [0.05, 0.1) is 0 Å². The molecule has 1 rings (SSSR count). The largest absolute Gasteiger partial charge is 0.376 e. The second-order valence-electron chi connectivity index (χ2n) is 2.82. The molecule has 1 aromatic carbocycles. The summed E-state index contributed by atoms with van der Waals surface area (Å²) in [6, 6.07) is 12.4. The Labute approximate surface area is 85.1 Å². The maximum Gasteiger partial charge on any atom is 0.163 e. The van der Waals surface area contributed by atoms with E-state index in [1.54, 1.807) is 0 Å². The lowest BCUT2D eigenvalue weighted by Gasteiger charge is -2.04. The summed E-state index contributed by atoms with van der Waals surface area (Å²) in [6.07, 6.45) is 0. The highest BCUT2D eigenvalue weighted by molar-refractivity contribution is 7.80. The fourth-order valence-electron chi connectivity index (χ4n) is 0.669. The maximum atomic E-state index is 5.11. The van der Waals surface area contributed by atoms with Gasteiger partial charge < -0.3 is 11.1 Å². The first-order valence-electron chi connectivity index (χ1n) is 4.19. The van der Waals surface area contributed by atoms with Crippen LogP contribution in [0.1, 0.15) is 13.8 Å². The van der Waals surface area contributed by atoms with Gasteiger partial charge >= 0.3 is 0 Å². The van der Waals surface area contributed by atoms with E-state index in [0.29, 0.717) is 11.2 Å². The molecule has 0 unspecified atom stereocenters. The SMILES string of the molecule is CC(C)NC(N)=S.c1ccccc1. The summed E-state index contributed by atoms with van der Waals surface area (Å²) in [5, 5.41) is 3.19. The Balaban J connectivity index is 0.000000223. The fourth-order valence-corrected chi connectivity index (χ4v) is 0.905. The van der Waals surface area contributed by atoms with Crippen molar-refractivity contribution >= 4 is 17.3 Å². The zero-order chi connectivity index (χ0) is 10.1. The van der Waals surface area contributed by atoms with Gasteiger partial charge in [-0.15, -0.1) is 0 Å². The summed E-state index contributed by atoms with van der Waals surface area (Å²) in [7, 11) is 0. The van der Waals surface area contributed by atoms with E-state index in [4.69, 9.17) is 5.73 Å². The molecule has 0 saturated heterocycles. The highest BCUT2D eigenvalue weighted by Gasteiger charge is 1.88. The molecular weight excluding hydrogens is 180 g/mol. The van der Waals surface area contributed by atoms with Crippen LogP contribution in [0.5, 0.6) is 0 Å². The van der Waals surface area contributed by atoms with E-state index < -0.39 is 0 Å². The van der Waals surface area contributed by atoms with Crippen LogP contribution in [0.3, 0.4) is 0 Å². The Morgan fingerprint density at radius 2 is 1.38 bits per heavy atom. The number of thiocarbonyl (C=S) groups is 1. The van der Waals surface area contributed by atoms with Gasteiger partial charge in [0.25, 0.3) is 0 Å². The van der Waals surface area contributed by atoms with Crippen LogP contribution in [0.2, 0.25) is 0 Å². The molecule has 72 valence electrons. The van der Waals surface area contributed by atoms with Crippen molar-refractivity contribution in [2.45, 2.75) is 19.9 Å². The van der Waals surface area contributed by atoms with E-state index >= 15 is 0 Å². The topological polar surface area (TPSA) is 38.0 Å². The molecule has 0 heterocycles. The van der Waals surface area contributed by atoms with Gasteiger partial charge in [-0.25, -0.2) is 0 Å². The smallest absolute Gasteiger partial charge is 0.163 e. The first-order valence-corrected chi connectivity index (χ1v) is 4.59. The summed E-state index contributed by atoms with van der Waals surface area (Å²) >= 11 is 4.54. The highest BCUT2D eigenvalue weighted by atomic mass is 32.1.